The highest BCUT2D eigenvalue weighted by Gasteiger charge is 2.30. The second kappa shape index (κ2) is 8.41. The summed E-state index contributed by atoms with van der Waals surface area (Å²) in [5, 5.41) is 3.02. The van der Waals surface area contributed by atoms with E-state index in [9.17, 15) is 9.59 Å². The molecule has 3 aromatic rings. The Morgan fingerprint density at radius 2 is 1.62 bits per heavy atom. The zero-order valence-corrected chi connectivity index (χ0v) is 16.5. The number of amides is 1. The summed E-state index contributed by atoms with van der Waals surface area (Å²) in [6.45, 7) is 3.08. The number of Topliss-reactive ketones (excluding diaryl/α,β-unsaturated/α-hetero) is 1. The molecular formula is C25H24N2O2. The topological polar surface area (TPSA) is 49.4 Å². The van der Waals surface area contributed by atoms with Gasteiger partial charge >= 0.3 is 0 Å². The fourth-order valence-corrected chi connectivity index (χ4v) is 3.93. The maximum Gasteiger partial charge on any atom is 0.246 e. The van der Waals surface area contributed by atoms with Crippen molar-refractivity contribution >= 4 is 17.4 Å². The zero-order chi connectivity index (χ0) is 20.2. The van der Waals surface area contributed by atoms with Crippen LogP contribution in [0, 0.1) is 0 Å². The van der Waals surface area contributed by atoms with E-state index in [2.05, 4.69) is 28.4 Å². The van der Waals surface area contributed by atoms with Crippen molar-refractivity contribution in [3.05, 3.63) is 101 Å². The number of nitrogens with zero attached hydrogens (tertiary/aromatic N) is 1. The molecule has 1 heterocycles. The largest absolute Gasteiger partial charge is 0.324 e. The first-order valence-electron chi connectivity index (χ1n) is 9.89. The molecule has 0 bridgehead atoms. The van der Waals surface area contributed by atoms with Gasteiger partial charge in [-0.15, -0.1) is 0 Å². The summed E-state index contributed by atoms with van der Waals surface area (Å²) in [5.74, 6) is -0.107. The van der Waals surface area contributed by atoms with Gasteiger partial charge < -0.3 is 5.32 Å². The molecule has 4 nitrogen and oxygen atoms in total. The SMILES string of the molecule is CC(=O)c1cccc(NC(=O)[C@H](c2ccccc2)N2CCc3ccccc3C2)c1. The van der Waals surface area contributed by atoms with Gasteiger partial charge in [0.05, 0.1) is 0 Å². The number of anilines is 1. The summed E-state index contributed by atoms with van der Waals surface area (Å²) < 4.78 is 0. The fraction of sp³-hybridized carbons (Fsp3) is 0.200. The summed E-state index contributed by atoms with van der Waals surface area (Å²) >= 11 is 0. The Morgan fingerprint density at radius 3 is 2.38 bits per heavy atom. The van der Waals surface area contributed by atoms with Crippen molar-refractivity contribution in [1.29, 1.82) is 0 Å². The van der Waals surface area contributed by atoms with Gasteiger partial charge in [-0.05, 0) is 42.2 Å². The van der Waals surface area contributed by atoms with Crippen molar-refractivity contribution in [2.45, 2.75) is 25.9 Å². The van der Waals surface area contributed by atoms with Crippen LogP contribution >= 0.6 is 0 Å². The first-order valence-corrected chi connectivity index (χ1v) is 9.89. The minimum atomic E-state index is -0.398. The molecule has 0 aliphatic carbocycles. The Labute approximate surface area is 171 Å². The van der Waals surface area contributed by atoms with Gasteiger partial charge in [-0.25, -0.2) is 0 Å². The van der Waals surface area contributed by atoms with Crippen molar-refractivity contribution < 1.29 is 9.59 Å². The van der Waals surface area contributed by atoms with Crippen LogP contribution in [0.3, 0.4) is 0 Å². The molecule has 1 atom stereocenters. The minimum absolute atomic E-state index is 0.0201. The van der Waals surface area contributed by atoms with Gasteiger partial charge in [0, 0.05) is 24.3 Å². The Morgan fingerprint density at radius 1 is 0.897 bits per heavy atom. The van der Waals surface area contributed by atoms with E-state index in [0.717, 1.165) is 25.1 Å². The van der Waals surface area contributed by atoms with Gasteiger partial charge in [0.2, 0.25) is 5.91 Å². The van der Waals surface area contributed by atoms with Crippen molar-refractivity contribution in [3.8, 4) is 0 Å². The lowest BCUT2D eigenvalue weighted by Crippen LogP contribution is -2.40. The van der Waals surface area contributed by atoms with Crippen molar-refractivity contribution in [2.24, 2.45) is 0 Å². The Balaban J connectivity index is 1.62. The third-order valence-corrected chi connectivity index (χ3v) is 5.43. The number of hydrogen-bond acceptors (Lipinski definition) is 3. The highest BCUT2D eigenvalue weighted by atomic mass is 16.2. The Hall–Kier alpha value is -3.24. The molecule has 0 aromatic heterocycles. The van der Waals surface area contributed by atoms with Crippen LogP contribution < -0.4 is 5.32 Å². The molecule has 3 aromatic carbocycles. The summed E-state index contributed by atoms with van der Waals surface area (Å²) in [5.41, 5.74) is 4.82. The minimum Gasteiger partial charge on any atom is -0.324 e. The monoisotopic (exact) mass is 384 g/mol. The van der Waals surface area contributed by atoms with Gasteiger partial charge in [0.15, 0.2) is 5.78 Å². The summed E-state index contributed by atoms with van der Waals surface area (Å²) in [7, 11) is 0. The van der Waals surface area contributed by atoms with Crippen LogP contribution in [-0.4, -0.2) is 23.1 Å². The van der Waals surface area contributed by atoms with Gasteiger partial charge in [0.1, 0.15) is 6.04 Å². The summed E-state index contributed by atoms with van der Waals surface area (Å²) in [6, 6.07) is 25.0. The predicted octanol–water partition coefficient (Wildman–Crippen LogP) is 4.63. The maximum atomic E-state index is 13.4. The van der Waals surface area contributed by atoms with E-state index in [-0.39, 0.29) is 11.7 Å². The number of fused-ring (bicyclic) bond motifs is 1. The number of nitrogens with one attached hydrogen (secondary N) is 1. The quantitative estimate of drug-likeness (QED) is 0.653. The molecule has 146 valence electrons. The number of hydrogen-bond donors (Lipinski definition) is 1. The Kier molecular flexibility index (Phi) is 5.54. The van der Waals surface area contributed by atoms with Crippen LogP contribution in [0.1, 0.15) is 40.0 Å². The van der Waals surface area contributed by atoms with Crippen LogP contribution in [-0.2, 0) is 17.8 Å². The predicted molar refractivity (Wildman–Crippen MR) is 115 cm³/mol. The first kappa shape index (κ1) is 19.1. The van der Waals surface area contributed by atoms with E-state index in [4.69, 9.17) is 0 Å². The third-order valence-electron chi connectivity index (χ3n) is 5.43. The lowest BCUT2D eigenvalue weighted by molar-refractivity contribution is -0.122. The highest BCUT2D eigenvalue weighted by molar-refractivity contribution is 5.98. The standard InChI is InChI=1S/C25H24N2O2/c1-18(28)21-12-7-13-23(16-21)26-25(29)24(20-9-3-2-4-10-20)27-15-14-19-8-5-6-11-22(19)17-27/h2-13,16,24H,14-15,17H2,1H3,(H,26,29)/t24-/m0/s1. The number of carbonyl (C=O) groups is 2. The zero-order valence-electron chi connectivity index (χ0n) is 16.5. The second-order valence-corrected chi connectivity index (χ2v) is 7.43. The smallest absolute Gasteiger partial charge is 0.246 e. The van der Waals surface area contributed by atoms with Gasteiger partial charge in [-0.3, -0.25) is 14.5 Å². The molecule has 0 fully saturated rings. The number of rotatable bonds is 5. The molecule has 0 saturated carbocycles. The molecule has 1 aliphatic rings. The molecule has 0 radical (unpaired) electrons. The van der Waals surface area contributed by atoms with Crippen molar-refractivity contribution in [1.82, 2.24) is 4.90 Å². The molecule has 1 N–H and O–H groups in total. The molecule has 4 heteroatoms. The molecule has 0 unspecified atom stereocenters. The second-order valence-electron chi connectivity index (χ2n) is 7.43. The van der Waals surface area contributed by atoms with Gasteiger partial charge in [0.25, 0.3) is 0 Å². The van der Waals surface area contributed by atoms with E-state index in [0.29, 0.717) is 11.3 Å². The Bertz CT molecular complexity index is 1030. The summed E-state index contributed by atoms with van der Waals surface area (Å²) in [4.78, 5) is 27.3. The van der Waals surface area contributed by atoms with Crippen LogP contribution in [0.25, 0.3) is 0 Å². The lowest BCUT2D eigenvalue weighted by Gasteiger charge is -2.35. The normalized spacial score (nSPS) is 14.7. The summed E-state index contributed by atoms with van der Waals surface area (Å²) in [6.07, 6.45) is 0.923. The van der Waals surface area contributed by atoms with Crippen molar-refractivity contribution in [2.75, 3.05) is 11.9 Å². The van der Waals surface area contributed by atoms with Crippen LogP contribution in [0.15, 0.2) is 78.9 Å². The molecule has 1 amide bonds. The number of carbonyl (C=O) groups excluding carboxylic acids is 2. The highest BCUT2D eigenvalue weighted by Crippen LogP contribution is 2.29. The first-order chi connectivity index (χ1) is 14.1. The molecule has 0 saturated heterocycles. The molecule has 29 heavy (non-hydrogen) atoms. The fourth-order valence-electron chi connectivity index (χ4n) is 3.93. The number of benzene rings is 3. The maximum absolute atomic E-state index is 13.4. The van der Waals surface area contributed by atoms with E-state index in [1.807, 2.05) is 42.5 Å². The molecule has 4 rings (SSSR count). The average Bonchev–Trinajstić information content (AvgIpc) is 2.75. The molecule has 1 aliphatic heterocycles. The van der Waals surface area contributed by atoms with Crippen LogP contribution in [0.2, 0.25) is 0 Å². The van der Waals surface area contributed by atoms with E-state index in [1.54, 1.807) is 18.2 Å². The van der Waals surface area contributed by atoms with E-state index >= 15 is 0 Å². The van der Waals surface area contributed by atoms with Crippen molar-refractivity contribution in [3.63, 3.8) is 0 Å². The van der Waals surface area contributed by atoms with Gasteiger partial charge in [-0.1, -0.05) is 66.7 Å². The third kappa shape index (κ3) is 4.28. The lowest BCUT2D eigenvalue weighted by atomic mass is 9.96. The van der Waals surface area contributed by atoms with Crippen LogP contribution in [0.4, 0.5) is 5.69 Å². The number of ketones is 1. The average molecular weight is 384 g/mol. The van der Waals surface area contributed by atoms with E-state index < -0.39 is 6.04 Å². The molecule has 0 spiro atoms. The van der Waals surface area contributed by atoms with Gasteiger partial charge in [-0.2, -0.15) is 0 Å². The molecular weight excluding hydrogens is 360 g/mol. The van der Waals surface area contributed by atoms with Crippen LogP contribution in [0.5, 0.6) is 0 Å². The van der Waals surface area contributed by atoms with E-state index in [1.165, 1.54) is 18.1 Å².